The topological polar surface area (TPSA) is 67.3 Å². The molecule has 2 aromatic heterocycles. The molecule has 3 rings (SSSR count). The first kappa shape index (κ1) is 13.0. The summed E-state index contributed by atoms with van der Waals surface area (Å²) in [7, 11) is 0. The molecule has 0 atom stereocenters. The van der Waals surface area contributed by atoms with Gasteiger partial charge in [0.05, 0.1) is 16.8 Å². The van der Waals surface area contributed by atoms with Crippen LogP contribution in [0.1, 0.15) is 17.4 Å². The molecule has 0 fully saturated rings. The van der Waals surface area contributed by atoms with Crippen molar-refractivity contribution >= 4 is 44.0 Å². The Morgan fingerprint density at radius 2 is 2.30 bits per heavy atom. The molecule has 5 nitrogen and oxygen atoms in total. The van der Waals surface area contributed by atoms with Gasteiger partial charge in [-0.05, 0) is 19.1 Å². The Labute approximate surface area is 122 Å². The van der Waals surface area contributed by atoms with E-state index in [2.05, 4.69) is 15.0 Å². The Balaban J connectivity index is 1.93. The van der Waals surface area contributed by atoms with Crippen molar-refractivity contribution < 1.29 is 9.53 Å². The zero-order chi connectivity index (χ0) is 13.9. The van der Waals surface area contributed by atoms with E-state index in [0.29, 0.717) is 22.2 Å². The molecule has 0 aliphatic heterocycles. The summed E-state index contributed by atoms with van der Waals surface area (Å²) in [6.45, 7) is 2.13. The molecule has 0 bridgehead atoms. The normalized spacial score (nSPS) is 11.9. The van der Waals surface area contributed by atoms with Gasteiger partial charge in [-0.25, -0.2) is 9.78 Å². The van der Waals surface area contributed by atoms with Crippen LogP contribution in [0, 0.1) is 0 Å². The lowest BCUT2D eigenvalue weighted by Crippen LogP contribution is -2.08. The predicted molar refractivity (Wildman–Crippen MR) is 79.5 cm³/mol. The van der Waals surface area contributed by atoms with E-state index in [1.54, 1.807) is 12.3 Å². The van der Waals surface area contributed by atoms with Crippen molar-refractivity contribution in [3.8, 4) is 0 Å². The van der Waals surface area contributed by atoms with Crippen molar-refractivity contribution in [2.24, 2.45) is 4.99 Å². The number of esters is 1. The third-order valence-electron chi connectivity index (χ3n) is 2.51. The Morgan fingerprint density at radius 1 is 1.45 bits per heavy atom. The molecule has 0 amide bonds. The zero-order valence-electron chi connectivity index (χ0n) is 10.6. The molecular weight excluding hydrogens is 294 g/mol. The first-order chi connectivity index (χ1) is 9.76. The molecule has 1 aromatic carbocycles. The van der Waals surface area contributed by atoms with Crippen LogP contribution in [0.5, 0.6) is 0 Å². The van der Waals surface area contributed by atoms with Crippen molar-refractivity contribution in [2.75, 3.05) is 6.61 Å². The predicted octanol–water partition coefficient (Wildman–Crippen LogP) is 3.10. The lowest BCUT2D eigenvalue weighted by molar-refractivity contribution is 0.0520. The fraction of sp³-hybridized carbons (Fsp3) is 0.154. The van der Waals surface area contributed by atoms with Crippen LogP contribution >= 0.6 is 22.7 Å². The highest BCUT2D eigenvalue weighted by molar-refractivity contribution is 7.22. The number of thiazole rings is 2. The van der Waals surface area contributed by atoms with Crippen LogP contribution in [0.15, 0.2) is 34.6 Å². The molecule has 3 aromatic rings. The quantitative estimate of drug-likeness (QED) is 0.756. The lowest BCUT2D eigenvalue weighted by Gasteiger charge is -1.96. The first-order valence-corrected chi connectivity index (χ1v) is 7.71. The number of nitrogens with one attached hydrogen (secondary N) is 1. The maximum absolute atomic E-state index is 11.5. The third kappa shape index (κ3) is 2.63. The minimum absolute atomic E-state index is 0.354. The van der Waals surface area contributed by atoms with Crippen LogP contribution in [0.3, 0.4) is 0 Å². The molecule has 102 valence electrons. The van der Waals surface area contributed by atoms with E-state index in [9.17, 15) is 4.79 Å². The number of aromatic amines is 1. The maximum atomic E-state index is 11.5. The van der Waals surface area contributed by atoms with Crippen molar-refractivity contribution in [1.29, 1.82) is 0 Å². The molecule has 0 aliphatic rings. The molecule has 0 spiro atoms. The monoisotopic (exact) mass is 305 g/mol. The highest BCUT2D eigenvalue weighted by Crippen LogP contribution is 2.27. The second-order valence-electron chi connectivity index (χ2n) is 3.88. The van der Waals surface area contributed by atoms with E-state index in [0.717, 1.165) is 10.2 Å². The van der Waals surface area contributed by atoms with E-state index in [1.165, 1.54) is 22.7 Å². The van der Waals surface area contributed by atoms with Crippen LogP contribution in [0.2, 0.25) is 0 Å². The molecule has 0 aliphatic carbocycles. The number of carbonyl (C=O) groups excluding carboxylic acids is 1. The number of H-pyrrole nitrogens is 1. The van der Waals surface area contributed by atoms with Gasteiger partial charge in [0.1, 0.15) is 5.69 Å². The zero-order valence-corrected chi connectivity index (χ0v) is 12.3. The van der Waals surface area contributed by atoms with Gasteiger partial charge in [0.2, 0.25) is 5.13 Å². The minimum atomic E-state index is -0.366. The van der Waals surface area contributed by atoms with Crippen LogP contribution in [0.4, 0.5) is 5.13 Å². The number of hydrogen-bond acceptors (Lipinski definition) is 6. The van der Waals surface area contributed by atoms with Gasteiger partial charge in [-0.3, -0.25) is 0 Å². The summed E-state index contributed by atoms with van der Waals surface area (Å²) in [5.74, 6) is -0.366. The van der Waals surface area contributed by atoms with Gasteiger partial charge < -0.3 is 9.72 Å². The Morgan fingerprint density at radius 3 is 3.10 bits per heavy atom. The molecule has 0 unspecified atom stereocenters. The Kier molecular flexibility index (Phi) is 3.62. The van der Waals surface area contributed by atoms with Gasteiger partial charge in [-0.2, -0.15) is 4.99 Å². The van der Waals surface area contributed by atoms with Crippen LogP contribution in [-0.4, -0.2) is 22.5 Å². The summed E-state index contributed by atoms with van der Waals surface area (Å²) in [6, 6.07) is 7.88. The van der Waals surface area contributed by atoms with E-state index in [-0.39, 0.29) is 5.97 Å². The van der Waals surface area contributed by atoms with Gasteiger partial charge in [0.15, 0.2) is 4.80 Å². The first-order valence-electron chi connectivity index (χ1n) is 6.01. The number of fused-ring (bicyclic) bond motifs is 1. The molecule has 0 saturated carbocycles. The molecule has 7 heteroatoms. The van der Waals surface area contributed by atoms with Gasteiger partial charge in [0.25, 0.3) is 0 Å². The van der Waals surface area contributed by atoms with Gasteiger partial charge in [0, 0.05) is 5.38 Å². The standard InChI is InChI=1S/C13H11N3O2S2/c1-2-18-11(17)9-7-19-12(15-9)16-13-14-8-5-3-4-6-10(8)20-13/h3-7H,2H2,1H3,(H,14,15,16). The van der Waals surface area contributed by atoms with Gasteiger partial charge in [-0.1, -0.05) is 23.5 Å². The average molecular weight is 305 g/mol. The molecule has 2 heterocycles. The van der Waals surface area contributed by atoms with Crippen molar-refractivity contribution in [2.45, 2.75) is 6.92 Å². The molecule has 20 heavy (non-hydrogen) atoms. The van der Waals surface area contributed by atoms with Crippen LogP contribution < -0.4 is 4.80 Å². The second kappa shape index (κ2) is 5.56. The van der Waals surface area contributed by atoms with Crippen molar-refractivity contribution in [3.05, 3.63) is 40.1 Å². The molecular formula is C13H11N3O2S2. The number of aromatic nitrogens is 2. The highest BCUT2D eigenvalue weighted by atomic mass is 32.1. The summed E-state index contributed by atoms with van der Waals surface area (Å²) in [5, 5.41) is 2.36. The summed E-state index contributed by atoms with van der Waals surface area (Å²) in [4.78, 5) is 23.9. The van der Waals surface area contributed by atoms with Crippen LogP contribution in [0.25, 0.3) is 10.2 Å². The minimum Gasteiger partial charge on any atom is -0.461 e. The average Bonchev–Trinajstić information content (AvgIpc) is 3.05. The number of carbonyl (C=O) groups is 1. The van der Waals surface area contributed by atoms with E-state index in [4.69, 9.17) is 4.74 Å². The Hall–Kier alpha value is -1.99. The number of rotatable bonds is 3. The highest BCUT2D eigenvalue weighted by Gasteiger charge is 2.08. The van der Waals surface area contributed by atoms with Crippen molar-refractivity contribution in [3.63, 3.8) is 0 Å². The van der Waals surface area contributed by atoms with E-state index >= 15 is 0 Å². The number of hydrogen-bond donors (Lipinski definition) is 1. The molecule has 1 N–H and O–H groups in total. The maximum Gasteiger partial charge on any atom is 0.355 e. The number of nitrogens with zero attached hydrogens (tertiary/aromatic N) is 2. The third-order valence-corrected chi connectivity index (χ3v) is 4.21. The number of benzene rings is 1. The van der Waals surface area contributed by atoms with Crippen molar-refractivity contribution in [1.82, 2.24) is 9.97 Å². The smallest absolute Gasteiger partial charge is 0.355 e. The molecule has 0 radical (unpaired) electrons. The van der Waals surface area contributed by atoms with Gasteiger partial charge in [-0.15, -0.1) is 11.3 Å². The summed E-state index contributed by atoms with van der Waals surface area (Å²) in [6.07, 6.45) is 0. The van der Waals surface area contributed by atoms with E-state index in [1.807, 2.05) is 24.3 Å². The lowest BCUT2D eigenvalue weighted by atomic mass is 10.3. The fourth-order valence-electron chi connectivity index (χ4n) is 1.65. The van der Waals surface area contributed by atoms with Gasteiger partial charge >= 0.3 is 5.97 Å². The SMILES string of the molecule is CCOC(=O)c1cs/c(=N/c2nc3ccccc3s2)[nH]1. The van der Waals surface area contributed by atoms with E-state index < -0.39 is 0 Å². The van der Waals surface area contributed by atoms with Crippen LogP contribution in [-0.2, 0) is 4.74 Å². The Bertz CT molecular complexity index is 783. The molecule has 0 saturated heterocycles. The summed E-state index contributed by atoms with van der Waals surface area (Å²) < 4.78 is 6.01. The number of ether oxygens (including phenoxy) is 1. The summed E-state index contributed by atoms with van der Waals surface area (Å²) >= 11 is 2.86. The largest absolute Gasteiger partial charge is 0.461 e. The fourth-order valence-corrected chi connectivity index (χ4v) is 3.24. The summed E-state index contributed by atoms with van der Waals surface area (Å²) in [5.41, 5.74) is 1.34. The second-order valence-corrected chi connectivity index (χ2v) is 5.74. The number of para-hydroxylation sites is 1.